The lowest BCUT2D eigenvalue weighted by Crippen LogP contribution is -2.42. The summed E-state index contributed by atoms with van der Waals surface area (Å²) < 4.78 is 119. The third-order valence-electron chi connectivity index (χ3n) is 30.5. The van der Waals surface area contributed by atoms with E-state index in [0.29, 0.717) is 180 Å². The number of nitrogens with zero attached hydrogens (tertiary/aromatic N) is 25. The number of fused-ring (bicyclic) bond motifs is 8. The number of aryl methyl sites for hydroxylation is 5. The Bertz CT molecular complexity index is 6940. The second-order valence-corrected chi connectivity index (χ2v) is 39.6. The molecule has 22 heterocycles. The SMILES string of the molecule is CC(=O)N1CCc2c(c(N3CCOc4cc(-c5cnn(C)c5)c(C(F)(F)F)cc43)nn2C2CCOCC2)C1.CC(=O)N1CCc2c(c(N3CCOc4cc(-c5cnn(C)c5)c(C(F)F)cc43)nn2C2CCOCC2)C1.CNC(=O)N1CCc2c(c(N3CCCc4cc(-c5cnn(C)c5)ncc43)nn2C2CCOCC2)C1.CNC(=O)c1ccc(-c2cc3c(cn2)N(c2nn(C4CCOCC4)c4c2CN(C(C)=O)CC4)CCC3)cn1. The largest absolute Gasteiger partial charge is 0.490 e. The summed E-state index contributed by atoms with van der Waals surface area (Å²) in [5.74, 6) is 3.97. The summed E-state index contributed by atoms with van der Waals surface area (Å²) in [4.78, 5) is 90.8. The van der Waals surface area contributed by atoms with Crippen molar-refractivity contribution in [1.82, 2.24) is 114 Å². The molecule has 10 aromatic heterocycles. The van der Waals surface area contributed by atoms with Gasteiger partial charge in [-0.25, -0.2) is 13.6 Å². The lowest BCUT2D eigenvalue weighted by molar-refractivity contribution is -0.137. The second-order valence-electron chi connectivity index (χ2n) is 39.6. The quantitative estimate of drug-likeness (QED) is 0.0955. The first-order valence-corrected chi connectivity index (χ1v) is 51.4. The molecular weight excluding hydrogens is 1910 g/mol. The number of nitrogens with one attached hydrogen (secondary N) is 2. The van der Waals surface area contributed by atoms with E-state index in [-0.39, 0.29) is 52.9 Å². The highest BCUT2D eigenvalue weighted by molar-refractivity contribution is 5.92. The first-order valence-electron chi connectivity index (χ1n) is 51.4. The van der Waals surface area contributed by atoms with Crippen molar-refractivity contribution < 1.29 is 74.3 Å². The van der Waals surface area contributed by atoms with E-state index < -0.39 is 18.2 Å². The van der Waals surface area contributed by atoms with Crippen LogP contribution in [0.3, 0.4) is 0 Å². The number of amides is 6. The zero-order chi connectivity index (χ0) is 102. The summed E-state index contributed by atoms with van der Waals surface area (Å²) in [5.41, 5.74) is 19.0. The van der Waals surface area contributed by atoms with E-state index in [4.69, 9.17) is 58.8 Å². The van der Waals surface area contributed by atoms with Gasteiger partial charge >= 0.3 is 12.2 Å². The molecule has 2 aromatic carbocycles. The highest BCUT2D eigenvalue weighted by Gasteiger charge is 2.44. The van der Waals surface area contributed by atoms with Gasteiger partial charge in [-0.3, -0.25) is 66.9 Å². The van der Waals surface area contributed by atoms with Crippen LogP contribution in [0.5, 0.6) is 11.5 Å². The van der Waals surface area contributed by atoms with Gasteiger partial charge in [0.2, 0.25) is 17.7 Å². The van der Waals surface area contributed by atoms with Crippen LogP contribution in [0.25, 0.3) is 44.8 Å². The van der Waals surface area contributed by atoms with Crippen LogP contribution in [0, 0.1) is 0 Å². The van der Waals surface area contributed by atoms with E-state index in [1.165, 1.54) is 52.4 Å². The zero-order valence-electron chi connectivity index (χ0n) is 84.6. The molecule has 43 heteroatoms. The van der Waals surface area contributed by atoms with Gasteiger partial charge in [0.25, 0.3) is 12.3 Å². The van der Waals surface area contributed by atoms with E-state index in [2.05, 4.69) is 66.9 Å². The fourth-order valence-electron chi connectivity index (χ4n) is 22.7. The molecule has 0 radical (unpaired) electrons. The number of urea groups is 1. The van der Waals surface area contributed by atoms with E-state index in [1.54, 1.807) is 93.2 Å². The number of ether oxygens (including phenoxy) is 6. The van der Waals surface area contributed by atoms with Crippen LogP contribution < -0.4 is 39.7 Å². The van der Waals surface area contributed by atoms with Crippen LogP contribution in [0.2, 0.25) is 0 Å². The molecule has 12 aliphatic heterocycles. The summed E-state index contributed by atoms with van der Waals surface area (Å²) in [6, 6.07) is 14.7. The Labute approximate surface area is 852 Å². The minimum Gasteiger partial charge on any atom is -0.490 e. The maximum atomic E-state index is 14.3. The molecule has 780 valence electrons. The molecule has 0 bridgehead atoms. The van der Waals surface area contributed by atoms with E-state index in [1.807, 2.05) is 67.1 Å². The van der Waals surface area contributed by atoms with E-state index in [0.717, 1.165) is 221 Å². The number of alkyl halides is 5. The maximum Gasteiger partial charge on any atom is 0.417 e. The molecule has 0 saturated carbocycles. The van der Waals surface area contributed by atoms with Crippen molar-refractivity contribution in [3.05, 3.63) is 177 Å². The number of aromatic nitrogens is 17. The van der Waals surface area contributed by atoms with Gasteiger partial charge in [0, 0.05) is 277 Å². The molecule has 12 aromatic rings. The highest BCUT2D eigenvalue weighted by atomic mass is 19.4. The summed E-state index contributed by atoms with van der Waals surface area (Å²) in [5, 5.41) is 38.4. The van der Waals surface area contributed by atoms with E-state index >= 15 is 0 Å². The Hall–Kier alpha value is -14.2. The first kappa shape index (κ1) is 99.8. The van der Waals surface area contributed by atoms with Crippen LogP contribution in [0.1, 0.15) is 193 Å². The van der Waals surface area contributed by atoms with Crippen LogP contribution in [-0.4, -0.2) is 265 Å². The Morgan fingerprint density at radius 3 is 1.13 bits per heavy atom. The molecule has 0 spiro atoms. The first-order chi connectivity index (χ1) is 71.8. The van der Waals surface area contributed by atoms with Gasteiger partial charge in [0.15, 0.2) is 23.3 Å². The number of rotatable bonds is 14. The Balaban J connectivity index is 0.000000116. The van der Waals surface area contributed by atoms with Gasteiger partial charge in [-0.05, 0) is 142 Å². The predicted molar refractivity (Wildman–Crippen MR) is 538 cm³/mol. The average molecular weight is 2040 g/mol. The summed E-state index contributed by atoms with van der Waals surface area (Å²) in [6.07, 6.45) is 22.7. The maximum absolute atomic E-state index is 14.3. The molecule has 4 fully saturated rings. The van der Waals surface area contributed by atoms with Gasteiger partial charge in [-0.2, -0.15) is 48.9 Å². The highest BCUT2D eigenvalue weighted by Crippen LogP contribution is 2.52. The summed E-state index contributed by atoms with van der Waals surface area (Å²) in [7, 11) is 8.62. The average Bonchev–Trinajstić information content (AvgIpc) is 1.55. The normalized spacial score (nSPS) is 18.1. The number of hydrogen-bond acceptors (Lipinski definition) is 25. The smallest absolute Gasteiger partial charge is 0.417 e. The van der Waals surface area contributed by atoms with Crippen LogP contribution >= 0.6 is 0 Å². The van der Waals surface area contributed by atoms with Crippen molar-refractivity contribution >= 4 is 75.7 Å². The topological polar surface area (TPSA) is 354 Å². The van der Waals surface area contributed by atoms with Gasteiger partial charge in [0.1, 0.15) is 30.4 Å². The van der Waals surface area contributed by atoms with Crippen molar-refractivity contribution in [1.29, 1.82) is 0 Å². The lowest BCUT2D eigenvalue weighted by atomic mass is 9.99. The molecule has 148 heavy (non-hydrogen) atoms. The number of benzene rings is 2. The zero-order valence-corrected chi connectivity index (χ0v) is 84.6. The summed E-state index contributed by atoms with van der Waals surface area (Å²) in [6.45, 7) is 18.3. The standard InChI is InChI=1S/C28H33N7O3.C26H29F3N6O3.C26H30F2N6O3.C25H32N8O2/c1-18(36)33-11-7-25-22(17-33)27(32-35(25)21-8-12-38-13-9-21)34-10-3-4-19-14-24(31-16-26(19)34)20-5-6-23(30-15-20)28(37)29-2;1-16(36)33-6-3-22-20(15-33)25(31-35(22)18-4-8-37-9-5-18)34-7-10-38-24-11-19(17-13-30-32(2)14-17)21(12-23(24)34)26(27,28)29;1-16(35)32-6-3-22-21(15-32)26(30-34(22)18-4-8-36-9-5-18)33-7-10-37-24-12-19(17-13-29-31(2)14-17)20(25(27)28)11-23(24)33;1-26-25(34)31-9-5-22-20(16-31)24(29-33(22)19-6-10-35-11-7-19)32-8-3-4-17-12-21(27-14-23(17)32)18-13-28-30(2)15-18/h5-6,14-16,21H,3-4,7-13,17H2,1-2H3,(H,29,37);11-14,18H,3-10,15H2,1-2H3;11-14,18,25H,3-10,15H2,1-2H3;12-15,19H,3-11,16H2,1-2H3,(H,26,34). The minimum absolute atomic E-state index is 0.0129. The predicted octanol–water partition coefficient (Wildman–Crippen LogP) is 13.9. The van der Waals surface area contributed by atoms with Gasteiger partial charge in [-0.15, -0.1) is 0 Å². The van der Waals surface area contributed by atoms with Gasteiger partial charge < -0.3 is 78.3 Å². The number of carbonyl (C=O) groups excluding carboxylic acids is 5. The molecule has 2 N–H and O–H groups in total. The molecule has 38 nitrogen and oxygen atoms in total. The van der Waals surface area contributed by atoms with E-state index in [9.17, 15) is 45.9 Å². The fourth-order valence-corrected chi connectivity index (χ4v) is 22.7. The summed E-state index contributed by atoms with van der Waals surface area (Å²) >= 11 is 0. The number of carbonyl (C=O) groups is 5. The number of halogens is 5. The monoisotopic (exact) mass is 2030 g/mol. The number of pyridine rings is 3. The fraction of sp³-hybridized carbons (Fsp3) is 0.495. The molecule has 0 unspecified atom stereocenters. The molecule has 0 atom stereocenters. The van der Waals surface area contributed by atoms with Crippen LogP contribution in [-0.2, 0) is 125 Å². The minimum atomic E-state index is -4.59. The number of hydrogen-bond donors (Lipinski definition) is 2. The molecule has 24 rings (SSSR count). The Morgan fingerprint density at radius 2 is 0.764 bits per heavy atom. The molecule has 0 aliphatic carbocycles. The molecule has 4 saturated heterocycles. The van der Waals surface area contributed by atoms with Crippen molar-refractivity contribution in [2.75, 3.05) is 152 Å². The Morgan fingerprint density at radius 1 is 0.392 bits per heavy atom. The molecular formula is C105H124F5N27O11. The number of anilines is 8. The third kappa shape index (κ3) is 20.1. The van der Waals surface area contributed by atoms with Crippen molar-refractivity contribution in [2.24, 2.45) is 21.1 Å². The molecule has 12 aliphatic rings. The van der Waals surface area contributed by atoms with Crippen molar-refractivity contribution in [3.63, 3.8) is 0 Å². The second kappa shape index (κ2) is 42.6. The van der Waals surface area contributed by atoms with Crippen molar-refractivity contribution in [3.8, 4) is 56.3 Å². The lowest BCUT2D eigenvalue weighted by Gasteiger charge is -2.33. The van der Waals surface area contributed by atoms with Gasteiger partial charge in [-0.1, -0.05) is 0 Å². The van der Waals surface area contributed by atoms with Crippen molar-refractivity contribution in [2.45, 2.75) is 186 Å². The Kier molecular flexibility index (Phi) is 28.7. The van der Waals surface area contributed by atoms with Gasteiger partial charge in [0.05, 0.1) is 134 Å². The van der Waals surface area contributed by atoms with Crippen LogP contribution in [0.15, 0.2) is 104 Å². The molecule has 6 amide bonds. The van der Waals surface area contributed by atoms with Crippen LogP contribution in [0.4, 0.5) is 72.8 Å². The third-order valence-corrected chi connectivity index (χ3v) is 30.5.